The quantitative estimate of drug-likeness (QED) is 0.576. The smallest absolute Gasteiger partial charge is 0.273 e. The summed E-state index contributed by atoms with van der Waals surface area (Å²) in [6.07, 6.45) is 0. The van der Waals surface area contributed by atoms with E-state index in [2.05, 4.69) is 5.10 Å². The molecule has 28 heavy (non-hydrogen) atoms. The Balaban J connectivity index is 1.85. The molecule has 0 bridgehead atoms. The summed E-state index contributed by atoms with van der Waals surface area (Å²) in [5.74, 6) is 0.735. The van der Waals surface area contributed by atoms with Gasteiger partial charge in [0, 0.05) is 29.9 Å². The van der Waals surface area contributed by atoms with Crippen LogP contribution in [0.1, 0.15) is 11.1 Å². The molecule has 0 unspecified atom stereocenters. The highest BCUT2D eigenvalue weighted by Gasteiger charge is 2.16. The van der Waals surface area contributed by atoms with Crippen molar-refractivity contribution in [1.82, 2.24) is 14.6 Å². The Morgan fingerprint density at radius 1 is 1.07 bits per heavy atom. The first-order chi connectivity index (χ1) is 13.6. The third-order valence-electron chi connectivity index (χ3n) is 4.79. The van der Waals surface area contributed by atoms with Crippen LogP contribution in [0.2, 0.25) is 0 Å². The number of rotatable bonds is 5. The summed E-state index contributed by atoms with van der Waals surface area (Å²) in [5.41, 5.74) is 5.63. The van der Waals surface area contributed by atoms with Crippen LogP contribution in [0.5, 0.6) is 5.75 Å². The van der Waals surface area contributed by atoms with E-state index in [9.17, 15) is 4.79 Å². The lowest BCUT2D eigenvalue weighted by molar-refractivity contribution is 0.185. The lowest BCUT2D eigenvalue weighted by Gasteiger charge is -2.06. The fraction of sp³-hybridized carbons (Fsp3) is 0.182. The molecule has 142 valence electrons. The highest BCUT2D eigenvalue weighted by molar-refractivity contribution is 5.75. The van der Waals surface area contributed by atoms with E-state index in [0.29, 0.717) is 17.9 Å². The predicted molar refractivity (Wildman–Crippen MR) is 109 cm³/mol. The molecular formula is C22H21N3O3. The zero-order valence-electron chi connectivity index (χ0n) is 16.0. The van der Waals surface area contributed by atoms with Crippen LogP contribution in [0.4, 0.5) is 0 Å². The van der Waals surface area contributed by atoms with Crippen LogP contribution in [0.25, 0.3) is 28.2 Å². The minimum Gasteiger partial charge on any atom is -0.496 e. The van der Waals surface area contributed by atoms with Crippen LogP contribution in [0, 0.1) is 6.92 Å². The molecule has 4 aromatic rings. The molecular weight excluding hydrogens is 354 g/mol. The molecule has 0 aliphatic carbocycles. The summed E-state index contributed by atoms with van der Waals surface area (Å²) < 4.78 is 12.1. The molecule has 0 atom stereocenters. The van der Waals surface area contributed by atoms with Gasteiger partial charge in [-0.2, -0.15) is 0 Å². The number of ether oxygens (including phenoxy) is 2. The van der Waals surface area contributed by atoms with E-state index in [1.54, 1.807) is 20.3 Å². The van der Waals surface area contributed by atoms with Crippen molar-refractivity contribution >= 4 is 5.65 Å². The number of nitrogens with one attached hydrogen (secondary N) is 1. The van der Waals surface area contributed by atoms with E-state index >= 15 is 0 Å². The van der Waals surface area contributed by atoms with Gasteiger partial charge in [-0.05, 0) is 24.6 Å². The second-order valence-electron chi connectivity index (χ2n) is 6.58. The number of aromatic amines is 1. The van der Waals surface area contributed by atoms with Crippen LogP contribution < -0.4 is 10.3 Å². The molecule has 0 aliphatic heterocycles. The predicted octanol–water partition coefficient (Wildman–Crippen LogP) is 3.82. The van der Waals surface area contributed by atoms with Crippen LogP contribution in [0.15, 0.2) is 59.4 Å². The molecule has 6 nitrogen and oxygen atoms in total. The Hall–Kier alpha value is -3.38. The Bertz CT molecular complexity index is 1190. The third-order valence-corrected chi connectivity index (χ3v) is 4.79. The Kier molecular flexibility index (Phi) is 4.71. The number of hydrogen-bond donors (Lipinski definition) is 1. The number of methoxy groups -OCH3 is 2. The fourth-order valence-electron chi connectivity index (χ4n) is 3.35. The van der Waals surface area contributed by atoms with Gasteiger partial charge in [0.2, 0.25) is 0 Å². The molecule has 1 N–H and O–H groups in total. The van der Waals surface area contributed by atoms with Crippen LogP contribution >= 0.6 is 0 Å². The maximum Gasteiger partial charge on any atom is 0.273 e. The fourth-order valence-corrected chi connectivity index (χ4v) is 3.35. The summed E-state index contributed by atoms with van der Waals surface area (Å²) in [6.45, 7) is 2.50. The van der Waals surface area contributed by atoms with Crippen molar-refractivity contribution in [3.63, 3.8) is 0 Å². The molecule has 2 aromatic carbocycles. The highest BCUT2D eigenvalue weighted by Crippen LogP contribution is 2.32. The topological polar surface area (TPSA) is 68.6 Å². The molecule has 0 fully saturated rings. The molecule has 0 saturated carbocycles. The molecule has 0 saturated heterocycles. The maximum atomic E-state index is 12.7. The standard InChI is InChI=1S/C22H21N3O3/c1-14-21(17-6-4-5-7-19(17)28-3)24-25-20(26)12-18(23-22(14)25)16-10-8-15(9-11-16)13-27-2/h4-12,24H,13H2,1-3H3. The molecule has 0 radical (unpaired) electrons. The summed E-state index contributed by atoms with van der Waals surface area (Å²) in [6, 6.07) is 17.1. The van der Waals surface area contributed by atoms with Crippen LogP contribution in [-0.4, -0.2) is 28.8 Å². The average molecular weight is 375 g/mol. The first-order valence-corrected chi connectivity index (χ1v) is 8.96. The number of fused-ring (bicyclic) bond motifs is 1. The molecule has 6 heteroatoms. The first kappa shape index (κ1) is 18.0. The zero-order chi connectivity index (χ0) is 19.7. The minimum atomic E-state index is -0.162. The maximum absolute atomic E-state index is 12.7. The number of nitrogens with zero attached hydrogens (tertiary/aromatic N) is 2. The number of aryl methyl sites for hydroxylation is 1. The molecule has 0 aliphatic rings. The second kappa shape index (κ2) is 7.32. The number of aromatic nitrogens is 3. The molecule has 4 rings (SSSR count). The van der Waals surface area contributed by atoms with Crippen molar-refractivity contribution in [3.8, 4) is 28.3 Å². The van der Waals surface area contributed by atoms with E-state index in [0.717, 1.165) is 33.7 Å². The van der Waals surface area contributed by atoms with E-state index < -0.39 is 0 Å². The van der Waals surface area contributed by atoms with Crippen molar-refractivity contribution in [2.45, 2.75) is 13.5 Å². The first-order valence-electron chi connectivity index (χ1n) is 8.96. The van der Waals surface area contributed by atoms with Gasteiger partial charge in [0.1, 0.15) is 5.75 Å². The van der Waals surface area contributed by atoms with Gasteiger partial charge in [-0.15, -0.1) is 0 Å². The summed E-state index contributed by atoms with van der Waals surface area (Å²) >= 11 is 0. The molecule has 2 heterocycles. The van der Waals surface area contributed by atoms with Gasteiger partial charge in [0.15, 0.2) is 5.65 Å². The van der Waals surface area contributed by atoms with Crippen molar-refractivity contribution in [3.05, 3.63) is 76.1 Å². The number of H-pyrrole nitrogens is 1. The molecule has 0 spiro atoms. The number of hydrogen-bond acceptors (Lipinski definition) is 4. The van der Waals surface area contributed by atoms with Gasteiger partial charge in [-0.25, -0.2) is 9.50 Å². The summed E-state index contributed by atoms with van der Waals surface area (Å²) in [5, 5.41) is 3.17. The lowest BCUT2D eigenvalue weighted by Crippen LogP contribution is -2.14. The van der Waals surface area contributed by atoms with Crippen molar-refractivity contribution in [1.29, 1.82) is 0 Å². The highest BCUT2D eigenvalue weighted by atomic mass is 16.5. The Morgan fingerprint density at radius 3 is 2.54 bits per heavy atom. The van der Waals surface area contributed by atoms with Crippen molar-refractivity contribution < 1.29 is 9.47 Å². The van der Waals surface area contributed by atoms with Crippen LogP contribution in [-0.2, 0) is 11.3 Å². The Morgan fingerprint density at radius 2 is 1.82 bits per heavy atom. The summed E-state index contributed by atoms with van der Waals surface area (Å²) in [7, 11) is 3.30. The monoisotopic (exact) mass is 375 g/mol. The van der Waals surface area contributed by atoms with E-state index in [4.69, 9.17) is 14.5 Å². The van der Waals surface area contributed by atoms with Crippen molar-refractivity contribution in [2.24, 2.45) is 0 Å². The van der Waals surface area contributed by atoms with Gasteiger partial charge in [0.25, 0.3) is 5.56 Å². The van der Waals surface area contributed by atoms with Gasteiger partial charge in [-0.3, -0.25) is 9.89 Å². The average Bonchev–Trinajstić information content (AvgIpc) is 3.06. The van der Waals surface area contributed by atoms with Gasteiger partial charge in [0.05, 0.1) is 25.1 Å². The summed E-state index contributed by atoms with van der Waals surface area (Å²) in [4.78, 5) is 17.5. The van der Waals surface area contributed by atoms with Gasteiger partial charge < -0.3 is 9.47 Å². The normalized spacial score (nSPS) is 11.1. The van der Waals surface area contributed by atoms with Gasteiger partial charge in [-0.1, -0.05) is 36.4 Å². The van der Waals surface area contributed by atoms with E-state index in [1.807, 2.05) is 55.5 Å². The van der Waals surface area contributed by atoms with Crippen LogP contribution in [0.3, 0.4) is 0 Å². The number of benzene rings is 2. The van der Waals surface area contributed by atoms with Gasteiger partial charge >= 0.3 is 0 Å². The van der Waals surface area contributed by atoms with E-state index in [-0.39, 0.29) is 5.56 Å². The molecule has 2 aromatic heterocycles. The molecule has 0 amide bonds. The minimum absolute atomic E-state index is 0.162. The third kappa shape index (κ3) is 3.08. The Labute approximate surface area is 162 Å². The lowest BCUT2D eigenvalue weighted by atomic mass is 10.1. The second-order valence-corrected chi connectivity index (χ2v) is 6.58. The zero-order valence-corrected chi connectivity index (χ0v) is 16.0. The number of para-hydroxylation sites is 1. The largest absolute Gasteiger partial charge is 0.496 e. The van der Waals surface area contributed by atoms with E-state index in [1.165, 1.54) is 4.52 Å². The SMILES string of the molecule is COCc1ccc(-c2cc(=O)n3[nH]c(-c4ccccc4OC)c(C)c3n2)cc1. The van der Waals surface area contributed by atoms with Crippen molar-refractivity contribution in [2.75, 3.05) is 14.2 Å².